The van der Waals surface area contributed by atoms with Crippen LogP contribution >= 0.6 is 11.3 Å². The van der Waals surface area contributed by atoms with Gasteiger partial charge in [-0.25, -0.2) is 4.98 Å². The average molecular weight is 401 g/mol. The van der Waals surface area contributed by atoms with Gasteiger partial charge in [-0.1, -0.05) is 18.2 Å². The molecular formula is C23H19N3O2S. The SMILES string of the molecule is Cc1ncccc1-c1nc2cc(C(=O)NC3CCOc4ccccc43)ccc2s1. The highest BCUT2D eigenvalue weighted by Crippen LogP contribution is 2.33. The fourth-order valence-electron chi connectivity index (χ4n) is 3.63. The largest absolute Gasteiger partial charge is 0.493 e. The van der Waals surface area contributed by atoms with Crippen molar-refractivity contribution in [3.63, 3.8) is 0 Å². The van der Waals surface area contributed by atoms with Crippen LogP contribution in [0.2, 0.25) is 0 Å². The molecule has 1 aliphatic heterocycles. The van der Waals surface area contributed by atoms with E-state index in [1.165, 1.54) is 0 Å². The minimum absolute atomic E-state index is 0.0489. The van der Waals surface area contributed by atoms with E-state index in [1.807, 2.05) is 61.5 Å². The lowest BCUT2D eigenvalue weighted by Gasteiger charge is -2.26. The first kappa shape index (κ1) is 17.8. The first-order chi connectivity index (χ1) is 14.2. The standard InChI is InChI=1S/C23H19N3O2S/c1-14-16(6-4-11-24-14)23-26-19-13-15(8-9-21(19)29-23)22(27)25-18-10-12-28-20-7-3-2-5-17(18)20/h2-9,11,13,18H,10,12H2,1H3,(H,25,27). The zero-order valence-corrected chi connectivity index (χ0v) is 16.7. The van der Waals surface area contributed by atoms with Gasteiger partial charge in [0.1, 0.15) is 10.8 Å². The minimum atomic E-state index is -0.0966. The van der Waals surface area contributed by atoms with Crippen LogP contribution in [0.25, 0.3) is 20.8 Å². The number of rotatable bonds is 3. The second kappa shape index (κ2) is 7.29. The van der Waals surface area contributed by atoms with Gasteiger partial charge < -0.3 is 10.1 Å². The van der Waals surface area contributed by atoms with Crippen molar-refractivity contribution in [2.24, 2.45) is 0 Å². The molecule has 2 aromatic carbocycles. The van der Waals surface area contributed by atoms with Crippen LogP contribution in [0.4, 0.5) is 0 Å². The number of thiazole rings is 1. The van der Waals surface area contributed by atoms with Gasteiger partial charge >= 0.3 is 0 Å². The number of carbonyl (C=O) groups is 1. The summed E-state index contributed by atoms with van der Waals surface area (Å²) in [4.78, 5) is 22.0. The Morgan fingerprint density at radius 3 is 2.97 bits per heavy atom. The third-order valence-electron chi connectivity index (χ3n) is 5.15. The Kier molecular flexibility index (Phi) is 4.48. The van der Waals surface area contributed by atoms with Gasteiger partial charge in [-0.3, -0.25) is 9.78 Å². The van der Waals surface area contributed by atoms with Gasteiger partial charge in [0.15, 0.2) is 0 Å². The van der Waals surface area contributed by atoms with Crippen molar-refractivity contribution in [1.29, 1.82) is 0 Å². The third kappa shape index (κ3) is 3.36. The smallest absolute Gasteiger partial charge is 0.251 e. The molecule has 5 rings (SSSR count). The van der Waals surface area contributed by atoms with Gasteiger partial charge in [0.25, 0.3) is 5.91 Å². The number of pyridine rings is 1. The van der Waals surface area contributed by atoms with Crippen LogP contribution in [0.15, 0.2) is 60.8 Å². The molecule has 144 valence electrons. The highest BCUT2D eigenvalue weighted by Gasteiger charge is 2.23. The Balaban J connectivity index is 1.42. The van der Waals surface area contributed by atoms with E-state index in [0.717, 1.165) is 44.2 Å². The van der Waals surface area contributed by atoms with Crippen LogP contribution in [0.3, 0.4) is 0 Å². The Morgan fingerprint density at radius 1 is 1.17 bits per heavy atom. The normalized spacial score (nSPS) is 15.6. The number of nitrogens with zero attached hydrogens (tertiary/aromatic N) is 2. The average Bonchev–Trinajstić information content (AvgIpc) is 3.17. The van der Waals surface area contributed by atoms with E-state index in [9.17, 15) is 4.79 Å². The van der Waals surface area contributed by atoms with E-state index >= 15 is 0 Å². The van der Waals surface area contributed by atoms with Crippen LogP contribution in [0.1, 0.15) is 34.1 Å². The Morgan fingerprint density at radius 2 is 2.07 bits per heavy atom. The molecule has 0 saturated carbocycles. The van der Waals surface area contributed by atoms with Crippen LogP contribution in [-0.4, -0.2) is 22.5 Å². The monoisotopic (exact) mass is 401 g/mol. The first-order valence-electron chi connectivity index (χ1n) is 9.54. The van der Waals surface area contributed by atoms with Gasteiger partial charge in [-0.2, -0.15) is 0 Å². The summed E-state index contributed by atoms with van der Waals surface area (Å²) < 4.78 is 6.74. The van der Waals surface area contributed by atoms with Crippen molar-refractivity contribution in [3.8, 4) is 16.3 Å². The second-order valence-corrected chi connectivity index (χ2v) is 8.07. The van der Waals surface area contributed by atoms with Crippen molar-refractivity contribution >= 4 is 27.5 Å². The van der Waals surface area contributed by atoms with E-state index < -0.39 is 0 Å². The summed E-state index contributed by atoms with van der Waals surface area (Å²) >= 11 is 1.61. The fourth-order valence-corrected chi connectivity index (χ4v) is 4.65. The number of carbonyl (C=O) groups excluding carboxylic acids is 1. The topological polar surface area (TPSA) is 64.1 Å². The molecule has 6 heteroatoms. The van der Waals surface area contributed by atoms with Crippen molar-refractivity contribution in [3.05, 3.63) is 77.6 Å². The minimum Gasteiger partial charge on any atom is -0.493 e. The van der Waals surface area contributed by atoms with E-state index in [4.69, 9.17) is 9.72 Å². The lowest BCUT2D eigenvalue weighted by molar-refractivity contribution is 0.0925. The van der Waals surface area contributed by atoms with E-state index in [2.05, 4.69) is 10.3 Å². The number of benzene rings is 2. The highest BCUT2D eigenvalue weighted by molar-refractivity contribution is 7.21. The molecule has 29 heavy (non-hydrogen) atoms. The van der Waals surface area contributed by atoms with Crippen molar-refractivity contribution in [1.82, 2.24) is 15.3 Å². The summed E-state index contributed by atoms with van der Waals surface area (Å²) in [6.45, 7) is 2.58. The fraction of sp³-hybridized carbons (Fsp3) is 0.174. The Labute approximate surface area is 172 Å². The van der Waals surface area contributed by atoms with E-state index in [0.29, 0.717) is 12.2 Å². The second-order valence-electron chi connectivity index (χ2n) is 7.04. The third-order valence-corrected chi connectivity index (χ3v) is 6.22. The summed E-state index contributed by atoms with van der Waals surface area (Å²) in [5.41, 5.74) is 4.44. The van der Waals surface area contributed by atoms with E-state index in [-0.39, 0.29) is 11.9 Å². The number of hydrogen-bond acceptors (Lipinski definition) is 5. The van der Waals surface area contributed by atoms with Gasteiger partial charge in [-0.15, -0.1) is 11.3 Å². The number of para-hydroxylation sites is 1. The molecular weight excluding hydrogens is 382 g/mol. The summed E-state index contributed by atoms with van der Waals surface area (Å²) in [7, 11) is 0. The Bertz CT molecular complexity index is 1220. The molecule has 1 amide bonds. The maximum Gasteiger partial charge on any atom is 0.251 e. The number of fused-ring (bicyclic) bond motifs is 2. The molecule has 0 radical (unpaired) electrons. The number of nitrogens with one attached hydrogen (secondary N) is 1. The molecule has 1 atom stereocenters. The molecule has 1 unspecified atom stereocenters. The van der Waals surface area contributed by atoms with E-state index in [1.54, 1.807) is 17.5 Å². The van der Waals surface area contributed by atoms with Crippen LogP contribution < -0.4 is 10.1 Å². The molecule has 0 aliphatic carbocycles. The molecule has 2 aromatic heterocycles. The zero-order chi connectivity index (χ0) is 19.8. The maximum atomic E-state index is 12.9. The van der Waals surface area contributed by atoms with Gasteiger partial charge in [0.2, 0.25) is 0 Å². The number of amides is 1. The molecule has 1 N–H and O–H groups in total. The van der Waals surface area contributed by atoms with Gasteiger partial charge in [-0.05, 0) is 43.3 Å². The molecule has 0 spiro atoms. The molecule has 4 aromatic rings. The van der Waals surface area contributed by atoms with Gasteiger partial charge in [0.05, 0.1) is 22.9 Å². The van der Waals surface area contributed by atoms with Crippen molar-refractivity contribution in [2.45, 2.75) is 19.4 Å². The number of hydrogen-bond donors (Lipinski definition) is 1. The maximum absolute atomic E-state index is 12.9. The number of aromatic nitrogens is 2. The molecule has 5 nitrogen and oxygen atoms in total. The molecule has 0 fully saturated rings. The lowest BCUT2D eigenvalue weighted by Crippen LogP contribution is -2.32. The summed E-state index contributed by atoms with van der Waals surface area (Å²) in [5.74, 6) is 0.746. The van der Waals surface area contributed by atoms with Crippen LogP contribution in [0, 0.1) is 6.92 Å². The number of aryl methyl sites for hydroxylation is 1. The Hall–Kier alpha value is -3.25. The van der Waals surface area contributed by atoms with Gasteiger partial charge in [0, 0.05) is 35.0 Å². The highest BCUT2D eigenvalue weighted by atomic mass is 32.1. The lowest BCUT2D eigenvalue weighted by atomic mass is 10.00. The quantitative estimate of drug-likeness (QED) is 0.529. The predicted molar refractivity (Wildman–Crippen MR) is 114 cm³/mol. The number of ether oxygens (including phenoxy) is 1. The molecule has 0 bridgehead atoms. The predicted octanol–water partition coefficient (Wildman–Crippen LogP) is 4.92. The van der Waals surface area contributed by atoms with Crippen molar-refractivity contribution in [2.75, 3.05) is 6.61 Å². The van der Waals surface area contributed by atoms with Crippen LogP contribution in [-0.2, 0) is 0 Å². The van der Waals surface area contributed by atoms with Crippen molar-refractivity contribution < 1.29 is 9.53 Å². The zero-order valence-electron chi connectivity index (χ0n) is 15.9. The summed E-state index contributed by atoms with van der Waals surface area (Å²) in [6, 6.07) is 17.4. The summed E-state index contributed by atoms with van der Waals surface area (Å²) in [6.07, 6.45) is 2.54. The summed E-state index contributed by atoms with van der Waals surface area (Å²) in [5, 5.41) is 4.07. The molecule has 0 saturated heterocycles. The molecule has 1 aliphatic rings. The van der Waals surface area contributed by atoms with Crippen LogP contribution in [0.5, 0.6) is 5.75 Å². The first-order valence-corrected chi connectivity index (χ1v) is 10.4. The molecule has 3 heterocycles.